The lowest BCUT2D eigenvalue weighted by Crippen LogP contribution is -2.19. The monoisotopic (exact) mass is 405 g/mol. The summed E-state index contributed by atoms with van der Waals surface area (Å²) in [5.74, 6) is 1.85. The van der Waals surface area contributed by atoms with Crippen molar-refractivity contribution in [1.82, 2.24) is 19.5 Å². The second-order valence-electron chi connectivity index (χ2n) is 6.88. The van der Waals surface area contributed by atoms with Crippen molar-refractivity contribution in [2.24, 2.45) is 0 Å². The molecule has 5 nitrogen and oxygen atoms in total. The molecule has 0 aliphatic heterocycles. The number of nitrogens with zero attached hydrogens (tertiary/aromatic N) is 4. The van der Waals surface area contributed by atoms with Crippen LogP contribution in [0, 0.1) is 0 Å². The Bertz CT molecular complexity index is 1020. The molecule has 0 fully saturated rings. The van der Waals surface area contributed by atoms with Gasteiger partial charge >= 0.3 is 0 Å². The first-order chi connectivity index (χ1) is 14.6. The fraction of sp³-hybridized carbons (Fsp3) is 0.320. The van der Waals surface area contributed by atoms with Crippen molar-refractivity contribution >= 4 is 17.0 Å². The summed E-state index contributed by atoms with van der Waals surface area (Å²) in [6, 6.07) is 8.35. The third kappa shape index (κ3) is 5.23. The Balaban J connectivity index is 0.00000156. The average molecular weight is 406 g/mol. The SMILES string of the molecule is C=C/C=C(\C=C)[C@H](C)Nc1nccc(-n2cnc3cc(C(C)CC)ccc32)n1.CC.[HH]. The summed E-state index contributed by atoms with van der Waals surface area (Å²) >= 11 is 0. The number of imidazole rings is 1. The van der Waals surface area contributed by atoms with Gasteiger partial charge in [-0.25, -0.2) is 9.97 Å². The second kappa shape index (κ2) is 11.1. The third-order valence-electron chi connectivity index (χ3n) is 5.03. The molecular formula is C25H35N5. The minimum absolute atomic E-state index is 0. The maximum absolute atomic E-state index is 4.67. The number of allylic oxidation sites excluding steroid dienone is 2. The van der Waals surface area contributed by atoms with Crippen LogP contribution in [0.3, 0.4) is 0 Å². The first-order valence-electron chi connectivity index (χ1n) is 10.6. The summed E-state index contributed by atoms with van der Waals surface area (Å²) in [5, 5.41) is 3.32. The minimum Gasteiger partial charge on any atom is -0.348 e. The minimum atomic E-state index is 0. The topological polar surface area (TPSA) is 55.6 Å². The van der Waals surface area contributed by atoms with Gasteiger partial charge in [-0.1, -0.05) is 65.1 Å². The van der Waals surface area contributed by atoms with E-state index in [1.165, 1.54) is 5.56 Å². The van der Waals surface area contributed by atoms with Gasteiger partial charge < -0.3 is 5.32 Å². The molecule has 2 aromatic heterocycles. The molecular weight excluding hydrogens is 370 g/mol. The van der Waals surface area contributed by atoms with Crippen LogP contribution in [0.15, 0.2) is 73.7 Å². The summed E-state index contributed by atoms with van der Waals surface area (Å²) in [7, 11) is 0. The molecule has 0 radical (unpaired) electrons. The van der Waals surface area contributed by atoms with Gasteiger partial charge in [-0.15, -0.1) is 0 Å². The predicted octanol–water partition coefficient (Wildman–Crippen LogP) is 6.70. The van der Waals surface area contributed by atoms with Gasteiger partial charge in [0.1, 0.15) is 12.1 Å². The number of benzene rings is 1. The van der Waals surface area contributed by atoms with Gasteiger partial charge in [-0.05, 0) is 48.6 Å². The molecule has 2 atom stereocenters. The van der Waals surface area contributed by atoms with Gasteiger partial charge in [-0.3, -0.25) is 4.57 Å². The molecule has 0 amide bonds. The summed E-state index contributed by atoms with van der Waals surface area (Å²) < 4.78 is 1.99. The molecule has 0 saturated carbocycles. The van der Waals surface area contributed by atoms with E-state index in [4.69, 9.17) is 0 Å². The van der Waals surface area contributed by atoms with Crippen LogP contribution in [-0.2, 0) is 0 Å². The highest BCUT2D eigenvalue weighted by Gasteiger charge is 2.11. The molecule has 3 aromatic rings. The number of rotatable bonds is 8. The molecule has 2 heterocycles. The van der Waals surface area contributed by atoms with Crippen molar-refractivity contribution in [3.8, 4) is 5.82 Å². The molecule has 0 aliphatic carbocycles. The van der Waals surface area contributed by atoms with E-state index in [0.717, 1.165) is 28.8 Å². The Labute approximate surface area is 181 Å². The average Bonchev–Trinajstić information content (AvgIpc) is 3.21. The van der Waals surface area contributed by atoms with E-state index in [0.29, 0.717) is 11.9 Å². The number of fused-ring (bicyclic) bond motifs is 1. The fourth-order valence-corrected chi connectivity index (χ4v) is 3.11. The molecule has 1 aromatic carbocycles. The van der Waals surface area contributed by atoms with Crippen LogP contribution in [-0.4, -0.2) is 25.6 Å². The van der Waals surface area contributed by atoms with E-state index < -0.39 is 0 Å². The maximum Gasteiger partial charge on any atom is 0.225 e. The molecule has 0 saturated heterocycles. The molecule has 3 rings (SSSR count). The zero-order chi connectivity index (χ0) is 22.1. The van der Waals surface area contributed by atoms with Crippen LogP contribution in [0.2, 0.25) is 0 Å². The van der Waals surface area contributed by atoms with Gasteiger partial charge in [0, 0.05) is 7.62 Å². The Morgan fingerprint density at radius 3 is 2.63 bits per heavy atom. The van der Waals surface area contributed by atoms with Gasteiger partial charge in [0.2, 0.25) is 5.95 Å². The Kier molecular flexibility index (Phi) is 8.54. The lowest BCUT2D eigenvalue weighted by Gasteiger charge is -2.15. The van der Waals surface area contributed by atoms with Crippen molar-refractivity contribution in [3.05, 3.63) is 79.3 Å². The Hall–Kier alpha value is -3.21. The molecule has 0 spiro atoms. The van der Waals surface area contributed by atoms with Crippen LogP contribution < -0.4 is 5.32 Å². The molecule has 30 heavy (non-hydrogen) atoms. The lowest BCUT2D eigenvalue weighted by atomic mass is 9.98. The van der Waals surface area contributed by atoms with E-state index in [2.05, 4.69) is 65.5 Å². The summed E-state index contributed by atoms with van der Waals surface area (Å²) in [5.41, 5.74) is 4.34. The number of anilines is 1. The smallest absolute Gasteiger partial charge is 0.225 e. The molecule has 0 aliphatic rings. The fourth-order valence-electron chi connectivity index (χ4n) is 3.11. The standard InChI is InChI=1S/C23H27N5.C2H6.H2/c1-6-9-18(8-3)17(5)26-23-24-13-12-22(27-23)28-15-25-20-14-19(16(4)7-2)10-11-21(20)28;1-2;/h6,8-17H,1,3,7H2,2,4-5H3,(H,24,26,27);1-2H3;1H/b18-9+;;/t16?,17-;;/m0../s1. The maximum atomic E-state index is 4.67. The largest absolute Gasteiger partial charge is 0.348 e. The van der Waals surface area contributed by atoms with Crippen LogP contribution in [0.25, 0.3) is 16.9 Å². The van der Waals surface area contributed by atoms with E-state index in [9.17, 15) is 0 Å². The first-order valence-corrected chi connectivity index (χ1v) is 10.6. The second-order valence-corrected chi connectivity index (χ2v) is 6.88. The van der Waals surface area contributed by atoms with E-state index in [-0.39, 0.29) is 7.47 Å². The zero-order valence-electron chi connectivity index (χ0n) is 18.8. The van der Waals surface area contributed by atoms with Crippen molar-refractivity contribution in [1.29, 1.82) is 0 Å². The Morgan fingerprint density at radius 1 is 1.20 bits per heavy atom. The number of hydrogen-bond donors (Lipinski definition) is 1. The normalized spacial score (nSPS) is 13.2. The van der Waals surface area contributed by atoms with Crippen molar-refractivity contribution in [3.63, 3.8) is 0 Å². The highest BCUT2D eigenvalue weighted by Crippen LogP contribution is 2.24. The van der Waals surface area contributed by atoms with Gasteiger partial charge in [0.15, 0.2) is 0 Å². The van der Waals surface area contributed by atoms with Crippen LogP contribution in [0.5, 0.6) is 0 Å². The van der Waals surface area contributed by atoms with E-state index in [1.807, 2.05) is 43.8 Å². The number of hydrogen-bond acceptors (Lipinski definition) is 4. The highest BCUT2D eigenvalue weighted by atomic mass is 15.2. The molecule has 5 heteroatoms. The summed E-state index contributed by atoms with van der Waals surface area (Å²) in [4.78, 5) is 13.6. The predicted molar refractivity (Wildman–Crippen MR) is 130 cm³/mol. The summed E-state index contributed by atoms with van der Waals surface area (Å²) in [6.07, 6.45) is 10.2. The summed E-state index contributed by atoms with van der Waals surface area (Å²) in [6.45, 7) is 18.1. The van der Waals surface area contributed by atoms with E-state index in [1.54, 1.807) is 18.3 Å². The number of nitrogens with one attached hydrogen (secondary N) is 1. The van der Waals surface area contributed by atoms with Crippen LogP contribution >= 0.6 is 0 Å². The first kappa shape index (κ1) is 23.1. The van der Waals surface area contributed by atoms with Gasteiger partial charge in [0.25, 0.3) is 0 Å². The van der Waals surface area contributed by atoms with Gasteiger partial charge in [-0.2, -0.15) is 4.98 Å². The number of aromatic nitrogens is 4. The lowest BCUT2D eigenvalue weighted by molar-refractivity contribution is 0.734. The highest BCUT2D eigenvalue weighted by molar-refractivity contribution is 5.78. The molecule has 0 bridgehead atoms. The molecule has 1 N–H and O–H groups in total. The van der Waals surface area contributed by atoms with Gasteiger partial charge in [0.05, 0.1) is 17.1 Å². The van der Waals surface area contributed by atoms with Crippen molar-refractivity contribution in [2.75, 3.05) is 5.32 Å². The zero-order valence-corrected chi connectivity index (χ0v) is 18.8. The Morgan fingerprint density at radius 2 is 1.97 bits per heavy atom. The van der Waals surface area contributed by atoms with Crippen molar-refractivity contribution in [2.45, 2.75) is 53.0 Å². The van der Waals surface area contributed by atoms with Crippen LogP contribution in [0.1, 0.15) is 53.9 Å². The molecule has 1 unspecified atom stereocenters. The van der Waals surface area contributed by atoms with E-state index >= 15 is 0 Å². The quantitative estimate of drug-likeness (QED) is 0.424. The third-order valence-corrected chi connectivity index (χ3v) is 5.03. The van der Waals surface area contributed by atoms with Crippen molar-refractivity contribution < 1.29 is 1.43 Å². The van der Waals surface area contributed by atoms with Crippen LogP contribution in [0.4, 0.5) is 5.95 Å². The molecule has 160 valence electrons.